The van der Waals surface area contributed by atoms with Crippen molar-refractivity contribution in [1.29, 1.82) is 0 Å². The summed E-state index contributed by atoms with van der Waals surface area (Å²) in [6.07, 6.45) is 6.83. The molecule has 1 N–H and O–H groups in total. The SMILES string of the molecule is O=C(NC1CC1)C1CCCN(C2CCN(Cc3ccc(F)cc3)CC2)C1. The molecule has 1 saturated carbocycles. The number of likely N-dealkylation sites (tertiary alicyclic amines) is 2. The van der Waals surface area contributed by atoms with E-state index in [2.05, 4.69) is 15.1 Å². The zero-order valence-corrected chi connectivity index (χ0v) is 15.5. The molecule has 1 aromatic carbocycles. The van der Waals surface area contributed by atoms with Crippen LogP contribution in [0.3, 0.4) is 0 Å². The zero-order chi connectivity index (χ0) is 17.9. The van der Waals surface area contributed by atoms with Crippen LogP contribution in [-0.2, 0) is 11.3 Å². The van der Waals surface area contributed by atoms with Crippen LogP contribution in [0.4, 0.5) is 4.39 Å². The first-order valence-electron chi connectivity index (χ1n) is 10.2. The lowest BCUT2D eigenvalue weighted by Crippen LogP contribution is -2.50. The van der Waals surface area contributed by atoms with Gasteiger partial charge in [-0.2, -0.15) is 0 Å². The molecule has 2 aliphatic heterocycles. The van der Waals surface area contributed by atoms with Crippen LogP contribution < -0.4 is 5.32 Å². The first-order valence-corrected chi connectivity index (χ1v) is 10.2. The predicted octanol–water partition coefficient (Wildman–Crippen LogP) is 2.78. The average molecular weight is 359 g/mol. The second kappa shape index (κ2) is 8.05. The fourth-order valence-electron chi connectivity index (χ4n) is 4.39. The molecule has 0 bridgehead atoms. The molecule has 2 saturated heterocycles. The maximum atomic E-state index is 13.0. The summed E-state index contributed by atoms with van der Waals surface area (Å²) in [7, 11) is 0. The van der Waals surface area contributed by atoms with Gasteiger partial charge in [-0.1, -0.05) is 12.1 Å². The molecule has 0 radical (unpaired) electrons. The molecule has 4 rings (SSSR count). The van der Waals surface area contributed by atoms with Gasteiger partial charge in [-0.3, -0.25) is 14.6 Å². The van der Waals surface area contributed by atoms with Crippen molar-refractivity contribution in [2.75, 3.05) is 26.2 Å². The molecule has 0 aromatic heterocycles. The molecule has 26 heavy (non-hydrogen) atoms. The fourth-order valence-corrected chi connectivity index (χ4v) is 4.39. The normalized spacial score (nSPS) is 26.0. The van der Waals surface area contributed by atoms with Gasteiger partial charge in [0.1, 0.15) is 5.82 Å². The Balaban J connectivity index is 1.24. The number of carbonyl (C=O) groups excluding carboxylic acids is 1. The predicted molar refractivity (Wildman–Crippen MR) is 100 cm³/mol. The van der Waals surface area contributed by atoms with Gasteiger partial charge >= 0.3 is 0 Å². The summed E-state index contributed by atoms with van der Waals surface area (Å²) in [6, 6.07) is 7.93. The Morgan fingerprint density at radius 3 is 2.46 bits per heavy atom. The Hall–Kier alpha value is -1.46. The zero-order valence-electron chi connectivity index (χ0n) is 15.5. The van der Waals surface area contributed by atoms with Gasteiger partial charge in [0.05, 0.1) is 5.92 Å². The molecule has 1 aromatic rings. The minimum atomic E-state index is -0.169. The van der Waals surface area contributed by atoms with Crippen molar-refractivity contribution >= 4 is 5.91 Å². The minimum absolute atomic E-state index is 0.169. The van der Waals surface area contributed by atoms with Crippen molar-refractivity contribution < 1.29 is 9.18 Å². The second-order valence-corrected chi connectivity index (χ2v) is 8.25. The quantitative estimate of drug-likeness (QED) is 0.878. The monoisotopic (exact) mass is 359 g/mol. The maximum absolute atomic E-state index is 13.0. The number of nitrogens with zero attached hydrogens (tertiary/aromatic N) is 2. The van der Waals surface area contributed by atoms with Crippen LogP contribution in [0.1, 0.15) is 44.1 Å². The maximum Gasteiger partial charge on any atom is 0.224 e. The van der Waals surface area contributed by atoms with Crippen LogP contribution in [-0.4, -0.2) is 54.0 Å². The third-order valence-corrected chi connectivity index (χ3v) is 6.14. The van der Waals surface area contributed by atoms with Crippen LogP contribution >= 0.6 is 0 Å². The van der Waals surface area contributed by atoms with Crippen molar-refractivity contribution in [3.8, 4) is 0 Å². The summed E-state index contributed by atoms with van der Waals surface area (Å²) >= 11 is 0. The molecule has 1 atom stereocenters. The van der Waals surface area contributed by atoms with E-state index in [1.165, 1.54) is 5.56 Å². The Morgan fingerprint density at radius 2 is 1.77 bits per heavy atom. The molecule has 3 aliphatic rings. The van der Waals surface area contributed by atoms with Crippen LogP contribution in [0.5, 0.6) is 0 Å². The molecule has 1 aliphatic carbocycles. The van der Waals surface area contributed by atoms with Crippen molar-refractivity contribution in [3.05, 3.63) is 35.6 Å². The molecular formula is C21H30FN3O. The number of benzene rings is 1. The molecule has 1 unspecified atom stereocenters. The molecule has 4 nitrogen and oxygen atoms in total. The molecule has 1 amide bonds. The standard InChI is InChI=1S/C21H30FN3O/c22-18-5-3-16(4-6-18)14-24-12-9-20(10-13-24)25-11-1-2-17(15-25)21(26)23-19-7-8-19/h3-6,17,19-20H,1-2,7-15H2,(H,23,26). The van der Waals surface area contributed by atoms with E-state index in [4.69, 9.17) is 0 Å². The topological polar surface area (TPSA) is 35.6 Å². The number of rotatable bonds is 5. The third kappa shape index (κ3) is 4.63. The van der Waals surface area contributed by atoms with E-state index < -0.39 is 0 Å². The number of hydrogen-bond donors (Lipinski definition) is 1. The molecule has 0 spiro atoms. The third-order valence-electron chi connectivity index (χ3n) is 6.14. The van der Waals surface area contributed by atoms with E-state index in [-0.39, 0.29) is 17.6 Å². The Morgan fingerprint density at radius 1 is 1.04 bits per heavy atom. The van der Waals surface area contributed by atoms with E-state index in [1.807, 2.05) is 12.1 Å². The van der Waals surface area contributed by atoms with Crippen molar-refractivity contribution in [2.24, 2.45) is 5.92 Å². The molecule has 3 fully saturated rings. The summed E-state index contributed by atoms with van der Waals surface area (Å²) < 4.78 is 13.0. The van der Waals surface area contributed by atoms with Gasteiger partial charge in [0.15, 0.2) is 0 Å². The first-order chi connectivity index (χ1) is 12.7. The molecule has 2 heterocycles. The Kier molecular flexibility index (Phi) is 5.55. The smallest absolute Gasteiger partial charge is 0.224 e. The number of amides is 1. The second-order valence-electron chi connectivity index (χ2n) is 8.25. The van der Waals surface area contributed by atoms with Gasteiger partial charge in [-0.15, -0.1) is 0 Å². The van der Waals surface area contributed by atoms with E-state index >= 15 is 0 Å². The van der Waals surface area contributed by atoms with E-state index in [9.17, 15) is 9.18 Å². The number of piperidine rings is 2. The van der Waals surface area contributed by atoms with E-state index in [1.54, 1.807) is 12.1 Å². The highest BCUT2D eigenvalue weighted by molar-refractivity contribution is 5.79. The van der Waals surface area contributed by atoms with Crippen molar-refractivity contribution in [3.63, 3.8) is 0 Å². The number of halogens is 1. The minimum Gasteiger partial charge on any atom is -0.353 e. The largest absolute Gasteiger partial charge is 0.353 e. The van der Waals surface area contributed by atoms with Crippen LogP contribution in [0.25, 0.3) is 0 Å². The highest BCUT2D eigenvalue weighted by atomic mass is 19.1. The van der Waals surface area contributed by atoms with E-state index in [0.717, 1.165) is 71.2 Å². The van der Waals surface area contributed by atoms with Crippen LogP contribution in [0.2, 0.25) is 0 Å². The van der Waals surface area contributed by atoms with E-state index in [0.29, 0.717) is 12.1 Å². The lowest BCUT2D eigenvalue weighted by Gasteiger charge is -2.42. The Bertz CT molecular complexity index is 608. The highest BCUT2D eigenvalue weighted by Crippen LogP contribution is 2.26. The lowest BCUT2D eigenvalue weighted by atomic mass is 9.93. The van der Waals surface area contributed by atoms with Crippen molar-refractivity contribution in [2.45, 2.75) is 57.2 Å². The van der Waals surface area contributed by atoms with Gasteiger partial charge in [0.2, 0.25) is 5.91 Å². The van der Waals surface area contributed by atoms with Crippen LogP contribution in [0, 0.1) is 11.7 Å². The number of hydrogen-bond acceptors (Lipinski definition) is 3. The summed E-state index contributed by atoms with van der Waals surface area (Å²) in [5.41, 5.74) is 1.18. The average Bonchev–Trinajstić information content (AvgIpc) is 3.48. The van der Waals surface area contributed by atoms with Gasteiger partial charge in [-0.25, -0.2) is 4.39 Å². The van der Waals surface area contributed by atoms with Crippen LogP contribution in [0.15, 0.2) is 24.3 Å². The summed E-state index contributed by atoms with van der Waals surface area (Å²) in [5.74, 6) is 0.297. The highest BCUT2D eigenvalue weighted by Gasteiger charge is 2.33. The fraction of sp³-hybridized carbons (Fsp3) is 0.667. The van der Waals surface area contributed by atoms with Gasteiger partial charge in [0, 0.05) is 25.2 Å². The van der Waals surface area contributed by atoms with Gasteiger partial charge in [-0.05, 0) is 75.9 Å². The van der Waals surface area contributed by atoms with Gasteiger partial charge in [0.25, 0.3) is 0 Å². The van der Waals surface area contributed by atoms with Gasteiger partial charge < -0.3 is 5.32 Å². The Labute approximate surface area is 155 Å². The summed E-state index contributed by atoms with van der Waals surface area (Å²) in [5, 5.41) is 3.18. The molecule has 5 heteroatoms. The summed E-state index contributed by atoms with van der Waals surface area (Å²) in [4.78, 5) is 17.4. The summed E-state index contributed by atoms with van der Waals surface area (Å²) in [6.45, 7) is 5.13. The molecular weight excluding hydrogens is 329 g/mol. The molecule has 142 valence electrons. The first kappa shape index (κ1) is 17.9. The number of nitrogens with one attached hydrogen (secondary N) is 1. The van der Waals surface area contributed by atoms with Crippen molar-refractivity contribution in [1.82, 2.24) is 15.1 Å². The lowest BCUT2D eigenvalue weighted by molar-refractivity contribution is -0.127. The number of carbonyl (C=O) groups is 1.